The van der Waals surface area contributed by atoms with Gasteiger partial charge in [0.2, 0.25) is 0 Å². The minimum absolute atomic E-state index is 0.280. The molecule has 124 valence electrons. The molecular formula is C18H16O6. The van der Waals surface area contributed by atoms with Gasteiger partial charge < -0.3 is 14.6 Å². The Morgan fingerprint density at radius 2 is 1.21 bits per heavy atom. The van der Waals surface area contributed by atoms with Gasteiger partial charge in [0.1, 0.15) is 17.6 Å². The summed E-state index contributed by atoms with van der Waals surface area (Å²) >= 11 is 0. The molecule has 0 aliphatic rings. The predicted octanol–water partition coefficient (Wildman–Crippen LogP) is 2.45. The maximum atomic E-state index is 12.3. The lowest BCUT2D eigenvalue weighted by Gasteiger charge is -2.11. The fraction of sp³-hybridized carbons (Fsp3) is 0.167. The van der Waals surface area contributed by atoms with Gasteiger partial charge in [0.15, 0.2) is 5.78 Å². The predicted molar refractivity (Wildman–Crippen MR) is 84.8 cm³/mol. The Hall–Kier alpha value is -2.99. The number of benzene rings is 2. The van der Waals surface area contributed by atoms with Crippen molar-refractivity contribution in [2.24, 2.45) is 0 Å². The quantitative estimate of drug-likeness (QED) is 0.515. The van der Waals surface area contributed by atoms with E-state index in [1.807, 2.05) is 0 Å². The van der Waals surface area contributed by atoms with Gasteiger partial charge in [-0.25, -0.2) is 0 Å². The fourth-order valence-corrected chi connectivity index (χ4v) is 2.05. The number of ether oxygens (including phenoxy) is 2. The molecule has 6 nitrogen and oxygen atoms in total. The van der Waals surface area contributed by atoms with Crippen LogP contribution >= 0.6 is 0 Å². The van der Waals surface area contributed by atoms with E-state index in [1.54, 1.807) is 0 Å². The van der Waals surface area contributed by atoms with Crippen molar-refractivity contribution in [2.45, 2.75) is 20.0 Å². The van der Waals surface area contributed by atoms with Crippen molar-refractivity contribution in [1.82, 2.24) is 0 Å². The Balaban J connectivity index is 2.11. The van der Waals surface area contributed by atoms with Gasteiger partial charge in [0.05, 0.1) is 0 Å². The first-order valence-corrected chi connectivity index (χ1v) is 7.16. The maximum absolute atomic E-state index is 12.3. The number of ketones is 1. The molecule has 2 aromatic carbocycles. The van der Waals surface area contributed by atoms with Gasteiger partial charge >= 0.3 is 11.9 Å². The van der Waals surface area contributed by atoms with Gasteiger partial charge in [-0.15, -0.1) is 0 Å². The molecule has 0 unspecified atom stereocenters. The molecule has 1 atom stereocenters. The fourth-order valence-electron chi connectivity index (χ4n) is 2.05. The Labute approximate surface area is 138 Å². The first kappa shape index (κ1) is 17.4. The largest absolute Gasteiger partial charge is 0.427 e. The number of esters is 2. The molecular weight excluding hydrogens is 312 g/mol. The van der Waals surface area contributed by atoms with Gasteiger partial charge in [-0.1, -0.05) is 12.1 Å². The van der Waals surface area contributed by atoms with Crippen LogP contribution in [-0.4, -0.2) is 22.8 Å². The van der Waals surface area contributed by atoms with Crippen LogP contribution in [0.5, 0.6) is 11.5 Å². The molecule has 0 saturated carbocycles. The van der Waals surface area contributed by atoms with E-state index in [-0.39, 0.29) is 5.56 Å². The molecule has 0 amide bonds. The summed E-state index contributed by atoms with van der Waals surface area (Å²) in [5.41, 5.74) is 0.655. The summed E-state index contributed by atoms with van der Waals surface area (Å²) in [4.78, 5) is 34.0. The van der Waals surface area contributed by atoms with Crippen molar-refractivity contribution >= 4 is 17.7 Å². The average Bonchev–Trinajstić information content (AvgIpc) is 2.54. The van der Waals surface area contributed by atoms with Gasteiger partial charge in [-0.3, -0.25) is 14.4 Å². The smallest absolute Gasteiger partial charge is 0.308 e. The normalized spacial score (nSPS) is 11.5. The van der Waals surface area contributed by atoms with Crippen LogP contribution in [0.4, 0.5) is 0 Å². The molecule has 6 heteroatoms. The van der Waals surface area contributed by atoms with E-state index in [0.717, 1.165) is 0 Å². The Bertz CT molecular complexity index is 746. The molecule has 0 bridgehead atoms. The van der Waals surface area contributed by atoms with Crippen molar-refractivity contribution in [3.05, 3.63) is 59.7 Å². The summed E-state index contributed by atoms with van der Waals surface area (Å²) in [5, 5.41) is 10.2. The molecule has 2 rings (SSSR count). The lowest BCUT2D eigenvalue weighted by Crippen LogP contribution is -2.12. The monoisotopic (exact) mass is 328 g/mol. The lowest BCUT2D eigenvalue weighted by molar-refractivity contribution is -0.132. The van der Waals surface area contributed by atoms with E-state index in [1.165, 1.54) is 62.4 Å². The van der Waals surface area contributed by atoms with Crippen LogP contribution in [0, 0.1) is 0 Å². The zero-order valence-corrected chi connectivity index (χ0v) is 13.2. The van der Waals surface area contributed by atoms with Crippen molar-refractivity contribution in [3.63, 3.8) is 0 Å². The standard InChI is InChI=1S/C18H16O6/c1-11(19)23-15-7-3-13(4-8-15)17(21)18(22)14-5-9-16(10-6-14)24-12(2)20/h3-10,17,21H,1-2H3/t17-/m1/s1. The first-order valence-electron chi connectivity index (χ1n) is 7.16. The Morgan fingerprint density at radius 3 is 1.62 bits per heavy atom. The molecule has 0 aromatic heterocycles. The summed E-state index contributed by atoms with van der Waals surface area (Å²) in [6.45, 7) is 2.56. The van der Waals surface area contributed by atoms with E-state index in [9.17, 15) is 19.5 Å². The van der Waals surface area contributed by atoms with Crippen molar-refractivity contribution < 1.29 is 29.0 Å². The molecule has 0 spiro atoms. The third-order valence-electron chi connectivity index (χ3n) is 3.11. The second-order valence-electron chi connectivity index (χ2n) is 5.05. The maximum Gasteiger partial charge on any atom is 0.308 e. The second kappa shape index (κ2) is 7.52. The van der Waals surface area contributed by atoms with Crippen LogP contribution < -0.4 is 9.47 Å². The molecule has 1 N–H and O–H groups in total. The molecule has 2 aromatic rings. The highest BCUT2D eigenvalue weighted by Crippen LogP contribution is 2.22. The van der Waals surface area contributed by atoms with Crippen molar-refractivity contribution in [3.8, 4) is 11.5 Å². The number of rotatable bonds is 5. The molecule has 0 saturated heterocycles. The molecule has 24 heavy (non-hydrogen) atoms. The van der Waals surface area contributed by atoms with Crippen LogP contribution in [0.25, 0.3) is 0 Å². The van der Waals surface area contributed by atoms with Crippen LogP contribution in [0.15, 0.2) is 48.5 Å². The zero-order chi connectivity index (χ0) is 17.7. The molecule has 0 radical (unpaired) electrons. The van der Waals surface area contributed by atoms with Gasteiger partial charge in [-0.2, -0.15) is 0 Å². The lowest BCUT2D eigenvalue weighted by atomic mass is 10.00. The molecule has 0 aliphatic heterocycles. The first-order chi connectivity index (χ1) is 11.4. The highest BCUT2D eigenvalue weighted by Gasteiger charge is 2.19. The zero-order valence-electron chi connectivity index (χ0n) is 13.2. The number of aliphatic hydroxyl groups is 1. The van der Waals surface area contributed by atoms with Gasteiger partial charge in [0.25, 0.3) is 0 Å². The Kier molecular flexibility index (Phi) is 5.44. The molecule has 0 aliphatic carbocycles. The SMILES string of the molecule is CC(=O)Oc1ccc(C(=O)[C@H](O)c2ccc(OC(C)=O)cc2)cc1. The van der Waals surface area contributed by atoms with Crippen LogP contribution in [-0.2, 0) is 9.59 Å². The van der Waals surface area contributed by atoms with Crippen molar-refractivity contribution in [2.75, 3.05) is 0 Å². The van der Waals surface area contributed by atoms with Crippen molar-refractivity contribution in [1.29, 1.82) is 0 Å². The Morgan fingerprint density at radius 1 is 0.792 bits per heavy atom. The number of hydrogen-bond donors (Lipinski definition) is 1. The minimum atomic E-state index is -1.35. The summed E-state index contributed by atoms with van der Waals surface area (Å²) in [7, 11) is 0. The summed E-state index contributed by atoms with van der Waals surface area (Å²) in [6, 6.07) is 11.9. The third-order valence-corrected chi connectivity index (χ3v) is 3.11. The minimum Gasteiger partial charge on any atom is -0.427 e. The molecule has 0 heterocycles. The van der Waals surface area contributed by atoms with Crippen LogP contribution in [0.1, 0.15) is 35.9 Å². The second-order valence-corrected chi connectivity index (χ2v) is 5.05. The van der Waals surface area contributed by atoms with E-state index in [2.05, 4.69) is 0 Å². The highest BCUT2D eigenvalue weighted by molar-refractivity contribution is 6.00. The van der Waals surface area contributed by atoms with E-state index < -0.39 is 23.8 Å². The summed E-state index contributed by atoms with van der Waals surface area (Å²) in [6.07, 6.45) is -1.35. The number of carbonyl (C=O) groups is 3. The molecule has 0 fully saturated rings. The van der Waals surface area contributed by atoms with Crippen LogP contribution in [0.3, 0.4) is 0 Å². The van der Waals surface area contributed by atoms with Gasteiger partial charge in [0, 0.05) is 19.4 Å². The number of aliphatic hydroxyl groups excluding tert-OH is 1. The average molecular weight is 328 g/mol. The summed E-state index contributed by atoms with van der Waals surface area (Å²) < 4.78 is 9.78. The highest BCUT2D eigenvalue weighted by atomic mass is 16.5. The van der Waals surface area contributed by atoms with E-state index in [4.69, 9.17) is 9.47 Å². The number of Topliss-reactive ketones (excluding diaryl/α,β-unsaturated/α-hetero) is 1. The third kappa shape index (κ3) is 4.50. The van der Waals surface area contributed by atoms with Crippen LogP contribution in [0.2, 0.25) is 0 Å². The summed E-state index contributed by atoms with van der Waals surface area (Å²) in [5.74, 6) is -0.755. The van der Waals surface area contributed by atoms with E-state index in [0.29, 0.717) is 17.1 Å². The van der Waals surface area contributed by atoms with E-state index >= 15 is 0 Å². The topological polar surface area (TPSA) is 89.9 Å². The van der Waals surface area contributed by atoms with Gasteiger partial charge in [-0.05, 0) is 42.0 Å². The number of hydrogen-bond acceptors (Lipinski definition) is 6. The number of carbonyl (C=O) groups excluding carboxylic acids is 3.